The molecule has 2 rings (SSSR count). The Morgan fingerprint density at radius 2 is 2.05 bits per heavy atom. The molecular formula is C15H14FNO4. The topological polar surface area (TPSA) is 72.6 Å². The molecule has 0 amide bonds. The van der Waals surface area contributed by atoms with E-state index >= 15 is 0 Å². The SMILES string of the molecule is Cc1cccc([N+](=O)[O-])c1Oc1ccc([C@H](C)O)cc1F. The van der Waals surface area contributed by atoms with Gasteiger partial charge in [-0.05, 0) is 37.1 Å². The van der Waals surface area contributed by atoms with Crippen molar-refractivity contribution in [3.63, 3.8) is 0 Å². The van der Waals surface area contributed by atoms with Gasteiger partial charge >= 0.3 is 5.69 Å². The monoisotopic (exact) mass is 291 g/mol. The molecule has 1 N–H and O–H groups in total. The number of aliphatic hydroxyl groups excluding tert-OH is 1. The lowest BCUT2D eigenvalue weighted by Gasteiger charge is -2.11. The predicted octanol–water partition coefficient (Wildman–Crippen LogP) is 3.89. The number of aliphatic hydroxyl groups is 1. The molecule has 0 aliphatic carbocycles. The molecule has 0 unspecified atom stereocenters. The number of hydrogen-bond acceptors (Lipinski definition) is 4. The summed E-state index contributed by atoms with van der Waals surface area (Å²) in [5.41, 5.74) is 0.705. The summed E-state index contributed by atoms with van der Waals surface area (Å²) in [4.78, 5) is 10.4. The predicted molar refractivity (Wildman–Crippen MR) is 74.9 cm³/mol. The van der Waals surface area contributed by atoms with E-state index < -0.39 is 16.8 Å². The smallest absolute Gasteiger partial charge is 0.311 e. The number of hydrogen-bond donors (Lipinski definition) is 1. The Kier molecular flexibility index (Phi) is 4.18. The molecule has 0 aromatic heterocycles. The average molecular weight is 291 g/mol. The van der Waals surface area contributed by atoms with E-state index in [1.54, 1.807) is 13.0 Å². The van der Waals surface area contributed by atoms with Crippen LogP contribution in [0.5, 0.6) is 11.5 Å². The highest BCUT2D eigenvalue weighted by atomic mass is 19.1. The average Bonchev–Trinajstić information content (AvgIpc) is 2.42. The third-order valence-corrected chi connectivity index (χ3v) is 3.04. The van der Waals surface area contributed by atoms with Gasteiger partial charge in [0, 0.05) is 6.07 Å². The molecule has 0 saturated heterocycles. The first-order valence-corrected chi connectivity index (χ1v) is 6.29. The number of nitro groups is 1. The van der Waals surface area contributed by atoms with Crippen LogP contribution in [0.25, 0.3) is 0 Å². The first-order chi connectivity index (χ1) is 9.90. The van der Waals surface area contributed by atoms with Crippen LogP contribution in [0, 0.1) is 22.9 Å². The van der Waals surface area contributed by atoms with Crippen molar-refractivity contribution in [3.05, 3.63) is 63.5 Å². The second-order valence-electron chi connectivity index (χ2n) is 4.65. The van der Waals surface area contributed by atoms with E-state index in [1.807, 2.05) is 0 Å². The molecule has 5 nitrogen and oxygen atoms in total. The van der Waals surface area contributed by atoms with Crippen molar-refractivity contribution in [2.75, 3.05) is 0 Å². The first-order valence-electron chi connectivity index (χ1n) is 6.29. The summed E-state index contributed by atoms with van der Waals surface area (Å²) in [5, 5.41) is 20.4. The molecule has 110 valence electrons. The van der Waals surface area contributed by atoms with Crippen molar-refractivity contribution >= 4 is 5.69 Å². The highest BCUT2D eigenvalue weighted by Gasteiger charge is 2.19. The number of halogens is 1. The molecule has 0 bridgehead atoms. The molecule has 0 spiro atoms. The van der Waals surface area contributed by atoms with Crippen molar-refractivity contribution in [3.8, 4) is 11.5 Å². The van der Waals surface area contributed by atoms with E-state index in [1.165, 1.54) is 31.2 Å². The molecule has 0 saturated carbocycles. The summed E-state index contributed by atoms with van der Waals surface area (Å²) in [6.07, 6.45) is -0.804. The lowest BCUT2D eigenvalue weighted by atomic mass is 10.1. The summed E-state index contributed by atoms with van der Waals surface area (Å²) in [7, 11) is 0. The van der Waals surface area contributed by atoms with Crippen LogP contribution in [-0.2, 0) is 0 Å². The summed E-state index contributed by atoms with van der Waals surface area (Å²) in [6, 6.07) is 8.47. The third kappa shape index (κ3) is 3.17. The number of benzene rings is 2. The van der Waals surface area contributed by atoms with Gasteiger partial charge in [-0.15, -0.1) is 0 Å². The van der Waals surface area contributed by atoms with Gasteiger partial charge < -0.3 is 9.84 Å². The van der Waals surface area contributed by atoms with E-state index in [0.29, 0.717) is 11.1 Å². The quantitative estimate of drug-likeness (QED) is 0.685. The van der Waals surface area contributed by atoms with E-state index in [2.05, 4.69) is 0 Å². The molecule has 2 aromatic carbocycles. The highest BCUT2D eigenvalue weighted by molar-refractivity contribution is 5.53. The van der Waals surface area contributed by atoms with Crippen LogP contribution >= 0.6 is 0 Å². The van der Waals surface area contributed by atoms with Crippen LogP contribution in [0.1, 0.15) is 24.2 Å². The zero-order valence-electron chi connectivity index (χ0n) is 11.5. The molecule has 2 aromatic rings. The fourth-order valence-electron chi connectivity index (χ4n) is 1.88. The van der Waals surface area contributed by atoms with Gasteiger partial charge in [0.2, 0.25) is 5.75 Å². The van der Waals surface area contributed by atoms with Crippen molar-refractivity contribution in [1.29, 1.82) is 0 Å². The highest BCUT2D eigenvalue weighted by Crippen LogP contribution is 2.35. The molecule has 0 heterocycles. The maximum absolute atomic E-state index is 14.0. The van der Waals surface area contributed by atoms with Crippen LogP contribution < -0.4 is 4.74 Å². The van der Waals surface area contributed by atoms with Gasteiger partial charge in [0.1, 0.15) is 0 Å². The van der Waals surface area contributed by atoms with Gasteiger partial charge in [-0.25, -0.2) is 4.39 Å². The van der Waals surface area contributed by atoms with Crippen molar-refractivity contribution in [2.45, 2.75) is 20.0 Å². The van der Waals surface area contributed by atoms with Crippen LogP contribution in [0.2, 0.25) is 0 Å². The molecule has 21 heavy (non-hydrogen) atoms. The number of nitrogens with zero attached hydrogens (tertiary/aromatic N) is 1. The van der Waals surface area contributed by atoms with Crippen LogP contribution in [0.15, 0.2) is 36.4 Å². The van der Waals surface area contributed by atoms with E-state index in [0.717, 1.165) is 6.07 Å². The van der Waals surface area contributed by atoms with Crippen molar-refractivity contribution in [1.82, 2.24) is 0 Å². The number of rotatable bonds is 4. The molecule has 1 atom stereocenters. The largest absolute Gasteiger partial charge is 0.447 e. The minimum absolute atomic E-state index is 0.00574. The van der Waals surface area contributed by atoms with Gasteiger partial charge in [0.25, 0.3) is 0 Å². The fraction of sp³-hybridized carbons (Fsp3) is 0.200. The molecule has 0 radical (unpaired) electrons. The summed E-state index contributed by atoms with van der Waals surface area (Å²) >= 11 is 0. The number of nitro benzene ring substituents is 1. The summed E-state index contributed by atoms with van der Waals surface area (Å²) < 4.78 is 19.3. The van der Waals surface area contributed by atoms with E-state index in [-0.39, 0.29) is 17.2 Å². The van der Waals surface area contributed by atoms with Gasteiger partial charge in [0.15, 0.2) is 11.6 Å². The molecule has 0 fully saturated rings. The number of ether oxygens (including phenoxy) is 1. The zero-order valence-corrected chi connectivity index (χ0v) is 11.5. The summed E-state index contributed by atoms with van der Waals surface area (Å²) in [5.74, 6) is -0.811. The lowest BCUT2D eigenvalue weighted by molar-refractivity contribution is -0.385. The van der Waals surface area contributed by atoms with Crippen molar-refractivity contribution < 1.29 is 19.2 Å². The second kappa shape index (κ2) is 5.88. The zero-order chi connectivity index (χ0) is 15.6. The fourth-order valence-corrected chi connectivity index (χ4v) is 1.88. The number of aryl methyl sites for hydroxylation is 1. The van der Waals surface area contributed by atoms with Crippen LogP contribution in [0.4, 0.5) is 10.1 Å². The first kappa shape index (κ1) is 14.9. The maximum Gasteiger partial charge on any atom is 0.311 e. The summed E-state index contributed by atoms with van der Waals surface area (Å²) in [6.45, 7) is 3.16. The van der Waals surface area contributed by atoms with Gasteiger partial charge in [-0.1, -0.05) is 18.2 Å². The second-order valence-corrected chi connectivity index (χ2v) is 4.65. The minimum Gasteiger partial charge on any atom is -0.447 e. The Balaban J connectivity index is 2.41. The van der Waals surface area contributed by atoms with Crippen LogP contribution in [0.3, 0.4) is 0 Å². The van der Waals surface area contributed by atoms with Gasteiger partial charge in [0.05, 0.1) is 11.0 Å². The Morgan fingerprint density at radius 3 is 2.62 bits per heavy atom. The minimum atomic E-state index is -0.804. The van der Waals surface area contributed by atoms with Gasteiger partial charge in [-0.2, -0.15) is 0 Å². The van der Waals surface area contributed by atoms with E-state index in [4.69, 9.17) is 4.74 Å². The van der Waals surface area contributed by atoms with Crippen molar-refractivity contribution in [2.24, 2.45) is 0 Å². The lowest BCUT2D eigenvalue weighted by Crippen LogP contribution is -1.98. The normalized spacial score (nSPS) is 12.0. The maximum atomic E-state index is 14.0. The van der Waals surface area contributed by atoms with Gasteiger partial charge in [-0.3, -0.25) is 10.1 Å². The molecular weight excluding hydrogens is 277 g/mol. The van der Waals surface area contributed by atoms with Crippen LogP contribution in [-0.4, -0.2) is 10.0 Å². The Hall–Kier alpha value is -2.47. The Morgan fingerprint density at radius 1 is 1.33 bits per heavy atom. The molecule has 6 heteroatoms. The van der Waals surface area contributed by atoms with E-state index in [9.17, 15) is 19.6 Å². The standard InChI is InChI=1S/C15H14FNO4/c1-9-4-3-5-13(17(19)20)15(9)21-14-7-6-11(10(2)18)8-12(14)16/h3-8,10,18H,1-2H3/t10-/m0/s1. The molecule has 0 aliphatic rings. The molecule has 0 aliphatic heterocycles. The Labute approximate surface area is 120 Å². The number of para-hydroxylation sites is 1. The third-order valence-electron chi connectivity index (χ3n) is 3.04. The Bertz CT molecular complexity index is 685.